The zero-order chi connectivity index (χ0) is 12.7. The van der Waals surface area contributed by atoms with Crippen LogP contribution in [0.5, 0.6) is 5.75 Å². The van der Waals surface area contributed by atoms with Gasteiger partial charge in [0.25, 0.3) is 0 Å². The van der Waals surface area contributed by atoms with Crippen molar-refractivity contribution in [3.8, 4) is 18.1 Å². The van der Waals surface area contributed by atoms with Gasteiger partial charge >= 0.3 is 0 Å². The Morgan fingerprint density at radius 1 is 1.53 bits per heavy atom. The Labute approximate surface area is 108 Å². The lowest BCUT2D eigenvalue weighted by Gasteiger charge is -2.15. The molecule has 0 aliphatic carbocycles. The van der Waals surface area contributed by atoms with Crippen molar-refractivity contribution < 1.29 is 5.11 Å². The quantitative estimate of drug-likeness (QED) is 0.600. The van der Waals surface area contributed by atoms with E-state index in [0.717, 1.165) is 29.2 Å². The summed E-state index contributed by atoms with van der Waals surface area (Å²) in [6.45, 7) is 4.91. The van der Waals surface area contributed by atoms with E-state index < -0.39 is 0 Å². The molecular weight excluding hydrogens is 230 g/mol. The van der Waals surface area contributed by atoms with E-state index in [1.54, 1.807) is 17.8 Å². The van der Waals surface area contributed by atoms with E-state index in [2.05, 4.69) is 18.2 Å². The molecule has 1 atom stereocenters. The molecule has 0 aliphatic heterocycles. The molecule has 0 saturated heterocycles. The van der Waals surface area contributed by atoms with Crippen molar-refractivity contribution in [3.05, 3.63) is 29.3 Å². The minimum Gasteiger partial charge on any atom is -0.508 e. The van der Waals surface area contributed by atoms with Gasteiger partial charge in [0.2, 0.25) is 0 Å². The van der Waals surface area contributed by atoms with E-state index >= 15 is 0 Å². The van der Waals surface area contributed by atoms with Crippen LogP contribution in [0, 0.1) is 19.3 Å². The number of thioether (sulfide) groups is 1. The van der Waals surface area contributed by atoms with Gasteiger partial charge in [0, 0.05) is 23.9 Å². The van der Waals surface area contributed by atoms with Gasteiger partial charge in [0.05, 0.1) is 5.75 Å². The average Bonchev–Trinajstić information content (AvgIpc) is 2.28. The summed E-state index contributed by atoms with van der Waals surface area (Å²) in [5, 5.41) is 13.2. The number of nitrogens with one attached hydrogen (secondary N) is 1. The Morgan fingerprint density at radius 3 is 2.94 bits per heavy atom. The molecule has 1 aromatic rings. The first kappa shape index (κ1) is 14.0. The van der Waals surface area contributed by atoms with E-state index in [1.807, 2.05) is 19.1 Å². The van der Waals surface area contributed by atoms with Crippen LogP contribution >= 0.6 is 11.8 Å². The van der Waals surface area contributed by atoms with E-state index in [4.69, 9.17) is 6.42 Å². The summed E-state index contributed by atoms with van der Waals surface area (Å²) >= 11 is 1.74. The van der Waals surface area contributed by atoms with Crippen molar-refractivity contribution in [2.45, 2.75) is 19.9 Å². The van der Waals surface area contributed by atoms with E-state index in [9.17, 15) is 5.11 Å². The van der Waals surface area contributed by atoms with Crippen molar-refractivity contribution >= 4 is 11.8 Å². The second-order valence-electron chi connectivity index (χ2n) is 3.99. The molecule has 2 nitrogen and oxygen atoms in total. The van der Waals surface area contributed by atoms with Crippen LogP contribution in [0.4, 0.5) is 0 Å². The second kappa shape index (κ2) is 7.26. The van der Waals surface area contributed by atoms with E-state index in [1.165, 1.54) is 0 Å². The van der Waals surface area contributed by atoms with Gasteiger partial charge in [0.15, 0.2) is 0 Å². The first-order valence-electron chi connectivity index (χ1n) is 5.69. The molecule has 1 aromatic carbocycles. The van der Waals surface area contributed by atoms with Crippen molar-refractivity contribution in [3.63, 3.8) is 0 Å². The summed E-state index contributed by atoms with van der Waals surface area (Å²) in [5.74, 6) is 4.70. The molecule has 0 heterocycles. The Hall–Kier alpha value is -1.11. The van der Waals surface area contributed by atoms with Crippen molar-refractivity contribution in [2.75, 3.05) is 18.1 Å². The Kier molecular flexibility index (Phi) is 5.96. The summed E-state index contributed by atoms with van der Waals surface area (Å²) in [6.07, 6.45) is 5.17. The van der Waals surface area contributed by atoms with Crippen molar-refractivity contribution in [1.29, 1.82) is 0 Å². The first-order valence-corrected chi connectivity index (χ1v) is 6.84. The summed E-state index contributed by atoms with van der Waals surface area (Å²) in [7, 11) is 0. The lowest BCUT2D eigenvalue weighted by atomic mass is 10.1. The average molecular weight is 249 g/mol. The highest BCUT2D eigenvalue weighted by atomic mass is 32.2. The zero-order valence-electron chi connectivity index (χ0n) is 10.4. The highest BCUT2D eigenvalue weighted by Crippen LogP contribution is 2.24. The fraction of sp³-hybridized carbons (Fsp3) is 0.429. The van der Waals surface area contributed by atoms with Crippen LogP contribution in [-0.2, 0) is 0 Å². The molecule has 0 bridgehead atoms. The maximum absolute atomic E-state index is 9.83. The number of aromatic hydroxyl groups is 1. The minimum absolute atomic E-state index is 0.155. The molecule has 0 fully saturated rings. The maximum atomic E-state index is 9.83. The zero-order valence-corrected chi connectivity index (χ0v) is 11.2. The van der Waals surface area contributed by atoms with Crippen LogP contribution in [0.15, 0.2) is 18.2 Å². The maximum Gasteiger partial charge on any atom is 0.120 e. The molecule has 0 amide bonds. The fourth-order valence-electron chi connectivity index (χ4n) is 1.61. The van der Waals surface area contributed by atoms with Gasteiger partial charge in [-0.05, 0) is 25.5 Å². The molecule has 2 N–H and O–H groups in total. The van der Waals surface area contributed by atoms with Crippen LogP contribution in [0.25, 0.3) is 0 Å². The molecule has 1 unspecified atom stereocenters. The van der Waals surface area contributed by atoms with Crippen LogP contribution < -0.4 is 5.32 Å². The number of terminal acetylenes is 1. The van der Waals surface area contributed by atoms with Crippen molar-refractivity contribution in [2.24, 2.45) is 0 Å². The van der Waals surface area contributed by atoms with E-state index in [0.29, 0.717) is 5.75 Å². The Morgan fingerprint density at radius 2 is 2.29 bits per heavy atom. The molecule has 17 heavy (non-hydrogen) atoms. The minimum atomic E-state index is 0.155. The Bertz CT molecular complexity index is 398. The third kappa shape index (κ3) is 4.72. The second-order valence-corrected chi connectivity index (χ2v) is 5.10. The van der Waals surface area contributed by atoms with Crippen LogP contribution in [0.2, 0.25) is 0 Å². The topological polar surface area (TPSA) is 32.3 Å². The fourth-order valence-corrected chi connectivity index (χ4v) is 2.13. The monoisotopic (exact) mass is 249 g/mol. The molecule has 3 heteroatoms. The number of benzene rings is 1. The number of rotatable bonds is 6. The number of hydrogen-bond donors (Lipinski definition) is 2. The SMILES string of the molecule is C#CCSCCNC(C)c1ccc(C)cc1O. The van der Waals surface area contributed by atoms with Crippen LogP contribution in [0.3, 0.4) is 0 Å². The summed E-state index contributed by atoms with van der Waals surface area (Å²) in [5.41, 5.74) is 2.01. The lowest BCUT2D eigenvalue weighted by Crippen LogP contribution is -2.21. The number of hydrogen-bond acceptors (Lipinski definition) is 3. The molecule has 0 aromatic heterocycles. The first-order chi connectivity index (χ1) is 8.15. The van der Waals surface area contributed by atoms with Gasteiger partial charge in [-0.1, -0.05) is 18.1 Å². The van der Waals surface area contributed by atoms with Gasteiger partial charge in [-0.2, -0.15) is 0 Å². The molecule has 0 aliphatic rings. The summed E-state index contributed by atoms with van der Waals surface area (Å²) in [4.78, 5) is 0. The van der Waals surface area contributed by atoms with Crippen molar-refractivity contribution in [1.82, 2.24) is 5.32 Å². The van der Waals surface area contributed by atoms with Gasteiger partial charge < -0.3 is 10.4 Å². The van der Waals surface area contributed by atoms with Crippen LogP contribution in [0.1, 0.15) is 24.1 Å². The smallest absolute Gasteiger partial charge is 0.120 e. The summed E-state index contributed by atoms with van der Waals surface area (Å²) < 4.78 is 0. The highest BCUT2D eigenvalue weighted by Gasteiger charge is 2.09. The molecular formula is C14H19NOS. The van der Waals surface area contributed by atoms with Gasteiger partial charge in [-0.25, -0.2) is 0 Å². The van der Waals surface area contributed by atoms with Gasteiger partial charge in [-0.3, -0.25) is 0 Å². The number of phenolic OH excluding ortho intramolecular Hbond substituents is 1. The predicted octanol–water partition coefficient (Wildman–Crippen LogP) is 2.72. The number of phenols is 1. The lowest BCUT2D eigenvalue weighted by molar-refractivity contribution is 0.454. The Balaban J connectivity index is 2.42. The number of aryl methyl sites for hydroxylation is 1. The largest absolute Gasteiger partial charge is 0.508 e. The molecule has 0 spiro atoms. The molecule has 0 radical (unpaired) electrons. The third-order valence-corrected chi connectivity index (χ3v) is 3.40. The molecule has 1 rings (SSSR count). The predicted molar refractivity (Wildman–Crippen MR) is 75.4 cm³/mol. The summed E-state index contributed by atoms with van der Waals surface area (Å²) in [6, 6.07) is 5.93. The standard InChI is InChI=1S/C14H19NOS/c1-4-8-17-9-7-15-12(3)13-6-5-11(2)10-14(13)16/h1,5-6,10,12,15-16H,7-9H2,2-3H3. The molecule has 0 saturated carbocycles. The normalized spacial score (nSPS) is 12.1. The third-order valence-electron chi connectivity index (χ3n) is 2.53. The van der Waals surface area contributed by atoms with E-state index in [-0.39, 0.29) is 6.04 Å². The van der Waals surface area contributed by atoms with Gasteiger partial charge in [-0.15, -0.1) is 18.2 Å². The van der Waals surface area contributed by atoms with Gasteiger partial charge in [0.1, 0.15) is 5.75 Å². The van der Waals surface area contributed by atoms with Crippen LogP contribution in [-0.4, -0.2) is 23.2 Å². The highest BCUT2D eigenvalue weighted by molar-refractivity contribution is 7.99. The molecule has 92 valence electrons.